The predicted molar refractivity (Wildman–Crippen MR) is 118 cm³/mol. The molecule has 0 aliphatic heterocycles. The minimum atomic E-state index is -3.85. The first-order chi connectivity index (χ1) is 14.2. The van der Waals surface area contributed by atoms with Crippen LogP contribution in [0.5, 0.6) is 0 Å². The zero-order valence-electron chi connectivity index (χ0n) is 16.3. The van der Waals surface area contributed by atoms with Gasteiger partial charge in [0.05, 0.1) is 10.6 Å². The van der Waals surface area contributed by atoms with Gasteiger partial charge in [-0.2, -0.15) is 0 Å². The van der Waals surface area contributed by atoms with E-state index in [9.17, 15) is 18.0 Å². The zero-order chi connectivity index (χ0) is 21.9. The minimum absolute atomic E-state index is 0.0576. The summed E-state index contributed by atoms with van der Waals surface area (Å²) in [6.07, 6.45) is 0. The molecule has 30 heavy (non-hydrogen) atoms. The van der Waals surface area contributed by atoms with E-state index in [4.69, 9.17) is 11.6 Å². The molecular weight excluding hydrogens is 424 g/mol. The first-order valence-electron chi connectivity index (χ1n) is 8.97. The molecular formula is C22H19ClN2O4S. The van der Waals surface area contributed by atoms with Crippen molar-refractivity contribution in [3.05, 3.63) is 88.4 Å². The van der Waals surface area contributed by atoms with Crippen molar-refractivity contribution in [2.45, 2.75) is 18.7 Å². The molecule has 3 rings (SSSR count). The molecule has 0 spiro atoms. The van der Waals surface area contributed by atoms with Gasteiger partial charge in [-0.1, -0.05) is 29.8 Å². The molecule has 0 aromatic heterocycles. The fourth-order valence-corrected chi connectivity index (χ4v) is 3.96. The third-order valence-corrected chi connectivity index (χ3v) is 6.03. The highest BCUT2D eigenvalue weighted by molar-refractivity contribution is 7.92. The van der Waals surface area contributed by atoms with E-state index < -0.39 is 15.9 Å². The molecule has 6 nitrogen and oxygen atoms in total. The summed E-state index contributed by atoms with van der Waals surface area (Å²) in [7, 11) is -3.85. The Balaban J connectivity index is 1.84. The van der Waals surface area contributed by atoms with Crippen molar-refractivity contribution in [1.29, 1.82) is 0 Å². The Labute approximate surface area is 179 Å². The Hall–Kier alpha value is -3.16. The number of nitrogens with one attached hydrogen (secondary N) is 2. The summed E-state index contributed by atoms with van der Waals surface area (Å²) in [6, 6.07) is 17.1. The Bertz CT molecular complexity index is 1220. The number of anilines is 2. The molecule has 1 amide bonds. The largest absolute Gasteiger partial charge is 0.322 e. The lowest BCUT2D eigenvalue weighted by Gasteiger charge is -2.13. The molecule has 0 unspecified atom stereocenters. The summed E-state index contributed by atoms with van der Waals surface area (Å²) in [5.41, 5.74) is 2.16. The number of hydrogen-bond acceptors (Lipinski definition) is 4. The summed E-state index contributed by atoms with van der Waals surface area (Å²) >= 11 is 5.82. The van der Waals surface area contributed by atoms with Crippen molar-refractivity contribution in [1.82, 2.24) is 0 Å². The molecule has 0 heterocycles. The van der Waals surface area contributed by atoms with Crippen LogP contribution in [-0.4, -0.2) is 20.1 Å². The van der Waals surface area contributed by atoms with Crippen LogP contribution in [0.15, 0.2) is 71.6 Å². The molecule has 0 aliphatic carbocycles. The number of carbonyl (C=O) groups is 2. The summed E-state index contributed by atoms with van der Waals surface area (Å²) < 4.78 is 27.8. The van der Waals surface area contributed by atoms with Crippen molar-refractivity contribution in [2.75, 3.05) is 10.0 Å². The lowest BCUT2D eigenvalue weighted by atomic mass is 10.1. The molecule has 0 aliphatic rings. The van der Waals surface area contributed by atoms with E-state index >= 15 is 0 Å². The molecule has 0 atom stereocenters. The van der Waals surface area contributed by atoms with Crippen molar-refractivity contribution < 1.29 is 18.0 Å². The average molecular weight is 443 g/mol. The molecule has 0 bridgehead atoms. The number of ketones is 1. The second-order valence-corrected chi connectivity index (χ2v) is 8.80. The number of carbonyl (C=O) groups excluding carboxylic acids is 2. The number of amides is 1. The molecule has 3 aromatic carbocycles. The van der Waals surface area contributed by atoms with E-state index in [-0.39, 0.29) is 21.9 Å². The Kier molecular flexibility index (Phi) is 6.24. The van der Waals surface area contributed by atoms with E-state index in [1.54, 1.807) is 43.3 Å². The van der Waals surface area contributed by atoms with Gasteiger partial charge in [0.2, 0.25) is 0 Å². The molecule has 0 fully saturated rings. The van der Waals surface area contributed by atoms with Crippen LogP contribution >= 0.6 is 11.6 Å². The van der Waals surface area contributed by atoms with E-state index in [1.165, 1.54) is 37.3 Å². The van der Waals surface area contributed by atoms with Gasteiger partial charge in [0.15, 0.2) is 5.78 Å². The number of aryl methyl sites for hydroxylation is 1. The second kappa shape index (κ2) is 8.69. The fraction of sp³-hybridized carbons (Fsp3) is 0.0909. The number of hydrogen-bond donors (Lipinski definition) is 2. The molecule has 2 N–H and O–H groups in total. The van der Waals surface area contributed by atoms with Gasteiger partial charge in [0.1, 0.15) is 0 Å². The van der Waals surface area contributed by atoms with E-state index in [0.717, 1.165) is 0 Å². The van der Waals surface area contributed by atoms with Crippen LogP contribution in [-0.2, 0) is 10.0 Å². The second-order valence-electron chi connectivity index (χ2n) is 6.68. The van der Waals surface area contributed by atoms with Gasteiger partial charge >= 0.3 is 0 Å². The fourth-order valence-electron chi connectivity index (χ4n) is 2.71. The smallest absolute Gasteiger partial charge is 0.261 e. The maximum atomic E-state index is 12.7. The standard InChI is InChI=1S/C22H19ClN2O4S/c1-14-6-7-17(22(27)24-19-5-3-4-16(12-19)15(2)26)13-21(14)25-30(28,29)20-10-8-18(23)9-11-20/h3-13,25H,1-2H3,(H,24,27). The normalized spacial score (nSPS) is 11.0. The molecule has 0 radical (unpaired) electrons. The van der Waals surface area contributed by atoms with Crippen LogP contribution in [0.4, 0.5) is 11.4 Å². The van der Waals surface area contributed by atoms with Crippen LogP contribution in [0.2, 0.25) is 5.02 Å². The van der Waals surface area contributed by atoms with Crippen molar-refractivity contribution in [3.8, 4) is 0 Å². The first-order valence-corrected chi connectivity index (χ1v) is 10.8. The lowest BCUT2D eigenvalue weighted by Crippen LogP contribution is -2.16. The third kappa shape index (κ3) is 5.06. The zero-order valence-corrected chi connectivity index (χ0v) is 17.8. The van der Waals surface area contributed by atoms with Gasteiger partial charge in [-0.3, -0.25) is 14.3 Å². The highest BCUT2D eigenvalue weighted by Gasteiger charge is 2.17. The van der Waals surface area contributed by atoms with Gasteiger partial charge in [-0.05, 0) is 67.9 Å². The van der Waals surface area contributed by atoms with Crippen molar-refractivity contribution in [2.24, 2.45) is 0 Å². The molecule has 3 aromatic rings. The monoisotopic (exact) mass is 442 g/mol. The first kappa shape index (κ1) is 21.5. The Morgan fingerprint density at radius 1 is 0.900 bits per heavy atom. The van der Waals surface area contributed by atoms with Gasteiger partial charge in [0, 0.05) is 21.8 Å². The SMILES string of the molecule is CC(=O)c1cccc(NC(=O)c2ccc(C)c(NS(=O)(=O)c3ccc(Cl)cc3)c2)c1. The van der Waals surface area contributed by atoms with Gasteiger partial charge in [-0.15, -0.1) is 0 Å². The number of Topliss-reactive ketones (excluding diaryl/α,β-unsaturated/α-hetero) is 1. The van der Waals surface area contributed by atoms with Crippen LogP contribution < -0.4 is 10.0 Å². The number of halogens is 1. The predicted octanol–water partition coefficient (Wildman–Crippen LogP) is 4.90. The van der Waals surface area contributed by atoms with Crippen LogP contribution in [0.1, 0.15) is 33.2 Å². The number of benzene rings is 3. The Morgan fingerprint density at radius 3 is 2.27 bits per heavy atom. The maximum absolute atomic E-state index is 12.7. The number of sulfonamides is 1. The molecule has 154 valence electrons. The van der Waals surface area contributed by atoms with Crippen LogP contribution in [0, 0.1) is 6.92 Å². The minimum Gasteiger partial charge on any atom is -0.322 e. The molecule has 0 saturated carbocycles. The van der Waals surface area contributed by atoms with Crippen LogP contribution in [0.3, 0.4) is 0 Å². The summed E-state index contributed by atoms with van der Waals surface area (Å²) in [6.45, 7) is 3.18. The maximum Gasteiger partial charge on any atom is 0.261 e. The summed E-state index contributed by atoms with van der Waals surface area (Å²) in [5.74, 6) is -0.539. The average Bonchev–Trinajstić information content (AvgIpc) is 2.70. The topological polar surface area (TPSA) is 92.3 Å². The third-order valence-electron chi connectivity index (χ3n) is 4.39. The van der Waals surface area contributed by atoms with Crippen molar-refractivity contribution in [3.63, 3.8) is 0 Å². The lowest BCUT2D eigenvalue weighted by molar-refractivity contribution is 0.101. The molecule has 0 saturated heterocycles. The quantitative estimate of drug-likeness (QED) is 0.531. The highest BCUT2D eigenvalue weighted by Crippen LogP contribution is 2.23. The van der Waals surface area contributed by atoms with Gasteiger partial charge < -0.3 is 5.32 Å². The van der Waals surface area contributed by atoms with Gasteiger partial charge in [-0.25, -0.2) is 8.42 Å². The van der Waals surface area contributed by atoms with Gasteiger partial charge in [0.25, 0.3) is 15.9 Å². The highest BCUT2D eigenvalue weighted by atomic mass is 35.5. The van der Waals surface area contributed by atoms with Crippen molar-refractivity contribution >= 4 is 44.7 Å². The van der Waals surface area contributed by atoms with E-state index in [1.807, 2.05) is 0 Å². The van der Waals surface area contributed by atoms with E-state index in [2.05, 4.69) is 10.0 Å². The summed E-state index contributed by atoms with van der Waals surface area (Å²) in [5, 5.41) is 3.15. The number of rotatable bonds is 6. The van der Waals surface area contributed by atoms with Crippen LogP contribution in [0.25, 0.3) is 0 Å². The molecule has 8 heteroatoms. The Morgan fingerprint density at radius 2 is 1.60 bits per heavy atom. The summed E-state index contributed by atoms with van der Waals surface area (Å²) in [4.78, 5) is 24.2. The van der Waals surface area contributed by atoms with E-state index in [0.29, 0.717) is 21.8 Å².